The summed E-state index contributed by atoms with van der Waals surface area (Å²) in [5.74, 6) is -5.19. The summed E-state index contributed by atoms with van der Waals surface area (Å²) in [6.45, 7) is 1.38. The number of carboxylic acids is 1. The van der Waals surface area contributed by atoms with Crippen LogP contribution >= 0.6 is 0 Å². The molecule has 6 aromatic carbocycles. The fourth-order valence-corrected chi connectivity index (χ4v) is 7.72. The van der Waals surface area contributed by atoms with Crippen LogP contribution < -0.4 is 31.9 Å². The van der Waals surface area contributed by atoms with E-state index in [4.69, 9.17) is 0 Å². The highest BCUT2D eigenvalue weighted by atomic mass is 16.4. The molecule has 15 nitrogen and oxygen atoms in total. The molecule has 0 aromatic heterocycles. The summed E-state index contributed by atoms with van der Waals surface area (Å²) in [6, 6.07) is 43.8. The number of carbonyl (C=O) groups excluding carboxylic acids is 6. The summed E-state index contributed by atoms with van der Waals surface area (Å²) in [7, 11) is 0. The summed E-state index contributed by atoms with van der Waals surface area (Å²) in [5, 5.41) is 35.9. The lowest BCUT2D eigenvalue weighted by atomic mass is 9.98. The lowest BCUT2D eigenvalue weighted by Gasteiger charge is -2.26. The van der Waals surface area contributed by atoms with Gasteiger partial charge >= 0.3 is 5.97 Å². The molecule has 0 bridgehead atoms. The maximum absolute atomic E-state index is 14.7. The van der Waals surface area contributed by atoms with Crippen molar-refractivity contribution in [2.24, 2.45) is 0 Å². The van der Waals surface area contributed by atoms with Gasteiger partial charge in [-0.3, -0.25) is 28.8 Å². The first kappa shape index (κ1) is 51.8. The zero-order valence-electron chi connectivity index (χ0n) is 39.3. The molecule has 6 aromatic rings. The molecule has 0 heterocycles. The minimum atomic E-state index is -1.36. The number of amides is 6. The van der Waals surface area contributed by atoms with E-state index in [0.717, 1.165) is 16.7 Å². The van der Waals surface area contributed by atoms with Crippen molar-refractivity contribution in [1.82, 2.24) is 26.6 Å². The Labute approximate surface area is 412 Å². The van der Waals surface area contributed by atoms with Gasteiger partial charge in [0.2, 0.25) is 35.4 Å². The third-order valence-corrected chi connectivity index (χ3v) is 11.6. The van der Waals surface area contributed by atoms with Crippen LogP contribution in [0.3, 0.4) is 0 Å². The number of para-hydroxylation sites is 1. The van der Waals surface area contributed by atoms with Crippen LogP contribution in [-0.4, -0.2) is 81.8 Å². The number of rotatable bonds is 24. The van der Waals surface area contributed by atoms with E-state index in [0.29, 0.717) is 28.8 Å². The van der Waals surface area contributed by atoms with Crippen LogP contribution in [0.2, 0.25) is 0 Å². The Morgan fingerprint density at radius 1 is 0.423 bits per heavy atom. The lowest BCUT2D eigenvalue weighted by Crippen LogP contribution is -2.59. The van der Waals surface area contributed by atoms with Crippen molar-refractivity contribution in [3.63, 3.8) is 0 Å². The van der Waals surface area contributed by atoms with Crippen molar-refractivity contribution in [2.75, 3.05) is 5.32 Å². The minimum absolute atomic E-state index is 0.00474. The van der Waals surface area contributed by atoms with Crippen molar-refractivity contribution < 1.29 is 43.8 Å². The summed E-state index contributed by atoms with van der Waals surface area (Å²) >= 11 is 0. The molecule has 15 heteroatoms. The van der Waals surface area contributed by atoms with E-state index in [9.17, 15) is 43.8 Å². The number of benzene rings is 6. The molecule has 6 amide bonds. The van der Waals surface area contributed by atoms with Crippen LogP contribution in [0.25, 0.3) is 11.1 Å². The van der Waals surface area contributed by atoms with Crippen LogP contribution in [-0.2, 0) is 59.2 Å². The zero-order chi connectivity index (χ0) is 50.5. The van der Waals surface area contributed by atoms with Crippen molar-refractivity contribution in [3.8, 4) is 16.9 Å². The number of hydrogen-bond donors (Lipinski definition) is 8. The fourth-order valence-electron chi connectivity index (χ4n) is 7.72. The second-order valence-corrected chi connectivity index (χ2v) is 17.1. The molecule has 0 spiro atoms. The summed E-state index contributed by atoms with van der Waals surface area (Å²) in [6.07, 6.45) is 0.0260. The van der Waals surface area contributed by atoms with Gasteiger partial charge in [-0.25, -0.2) is 4.79 Å². The maximum Gasteiger partial charge on any atom is 0.326 e. The molecule has 71 heavy (non-hydrogen) atoms. The van der Waals surface area contributed by atoms with E-state index in [1.165, 1.54) is 31.2 Å². The van der Waals surface area contributed by atoms with Crippen LogP contribution in [0.5, 0.6) is 5.75 Å². The molecule has 0 aliphatic rings. The smallest absolute Gasteiger partial charge is 0.326 e. The molecule has 0 aliphatic heterocycles. The topological polar surface area (TPSA) is 232 Å². The van der Waals surface area contributed by atoms with Gasteiger partial charge in [0.05, 0.1) is 0 Å². The number of aryl methyl sites for hydroxylation is 1. The van der Waals surface area contributed by atoms with Crippen LogP contribution in [0.15, 0.2) is 170 Å². The van der Waals surface area contributed by atoms with E-state index in [1.807, 2.05) is 91.0 Å². The third kappa shape index (κ3) is 16.9. The number of carbonyl (C=O) groups is 7. The number of nitrogens with one attached hydrogen (secondary N) is 6. The number of phenolic OH excluding ortho intramolecular Hbond substituents is 1. The lowest BCUT2D eigenvalue weighted by molar-refractivity contribution is -0.142. The Balaban J connectivity index is 1.22. The number of hydrogen-bond acceptors (Lipinski definition) is 8. The Bertz CT molecular complexity index is 2710. The number of aliphatic carboxylic acids is 1. The van der Waals surface area contributed by atoms with Crippen molar-refractivity contribution in [3.05, 3.63) is 192 Å². The molecular formula is C56H58N6O9. The number of aromatic hydroxyl groups is 1. The molecule has 0 fully saturated rings. The van der Waals surface area contributed by atoms with Gasteiger partial charge in [-0.1, -0.05) is 146 Å². The first-order chi connectivity index (χ1) is 34.3. The molecule has 5 atom stereocenters. The van der Waals surface area contributed by atoms with E-state index >= 15 is 0 Å². The molecular weight excluding hydrogens is 901 g/mol. The monoisotopic (exact) mass is 958 g/mol. The Hall–Kier alpha value is -8.59. The molecule has 366 valence electrons. The van der Waals surface area contributed by atoms with E-state index in [2.05, 4.69) is 31.9 Å². The van der Waals surface area contributed by atoms with E-state index in [-0.39, 0.29) is 50.2 Å². The quantitative estimate of drug-likeness (QED) is 0.0373. The highest BCUT2D eigenvalue weighted by molar-refractivity contribution is 5.97. The number of anilines is 1. The standard InChI is InChI=1S/C56H58N6O9/c1-37(52(66)62-49(56(70)71)36-41-24-29-45(63)30-25-41)57-54(68)47(34-39-16-8-3-9-17-39)61-55(69)48(35-40-22-27-43(28-23-40)42-18-10-4-11-19-42)60-53(67)46(31-26-38-14-6-2-7-15-38)59-51(65)33-32-50(64)58-44-20-12-5-13-21-44/h2-25,27-30,37,46-49,63H,26,31-36H2,1H3,(H,57,68)(H,58,64)(H,59,65)(H,60,67)(H,61,69)(H,62,66)(H,70,71)/t37-,46+,47+,48-,49-/m0/s1. The largest absolute Gasteiger partial charge is 0.508 e. The fraction of sp³-hybridized carbons (Fsp3) is 0.232. The Morgan fingerprint density at radius 3 is 1.41 bits per heavy atom. The molecule has 6 rings (SSSR count). The second kappa shape index (κ2) is 26.2. The van der Waals surface area contributed by atoms with Gasteiger partial charge in [0.25, 0.3) is 0 Å². The van der Waals surface area contributed by atoms with Gasteiger partial charge < -0.3 is 42.1 Å². The molecule has 0 unspecified atom stereocenters. The molecule has 0 saturated carbocycles. The first-order valence-corrected chi connectivity index (χ1v) is 23.4. The van der Waals surface area contributed by atoms with Crippen LogP contribution in [0.4, 0.5) is 5.69 Å². The molecule has 8 N–H and O–H groups in total. The van der Waals surface area contributed by atoms with Gasteiger partial charge in [-0.15, -0.1) is 0 Å². The maximum atomic E-state index is 14.7. The van der Waals surface area contributed by atoms with Gasteiger partial charge in [0, 0.05) is 37.8 Å². The average Bonchev–Trinajstić information content (AvgIpc) is 3.38. The predicted molar refractivity (Wildman–Crippen MR) is 270 cm³/mol. The SMILES string of the molecule is C[C@H](NC(=O)[C@@H](Cc1ccccc1)NC(=O)[C@H](Cc1ccc(-c2ccccc2)cc1)NC(=O)[C@@H](CCc1ccccc1)NC(=O)CCC(=O)Nc1ccccc1)C(=O)N[C@@H](Cc1ccc(O)cc1)C(=O)O. The number of phenols is 1. The third-order valence-electron chi connectivity index (χ3n) is 11.6. The minimum Gasteiger partial charge on any atom is -0.508 e. The predicted octanol–water partition coefficient (Wildman–Crippen LogP) is 5.67. The van der Waals surface area contributed by atoms with Crippen LogP contribution in [0.1, 0.15) is 48.4 Å². The van der Waals surface area contributed by atoms with Crippen molar-refractivity contribution in [2.45, 2.75) is 82.1 Å². The summed E-state index contributed by atoms with van der Waals surface area (Å²) in [5.41, 5.74) is 5.27. The van der Waals surface area contributed by atoms with Crippen LogP contribution in [0, 0.1) is 0 Å². The molecule has 0 radical (unpaired) electrons. The zero-order valence-corrected chi connectivity index (χ0v) is 39.3. The molecule has 0 aliphatic carbocycles. The highest BCUT2D eigenvalue weighted by Crippen LogP contribution is 2.20. The summed E-state index contributed by atoms with van der Waals surface area (Å²) < 4.78 is 0. The van der Waals surface area contributed by atoms with Crippen molar-refractivity contribution in [1.29, 1.82) is 0 Å². The first-order valence-electron chi connectivity index (χ1n) is 23.4. The Morgan fingerprint density at radius 2 is 0.845 bits per heavy atom. The number of carboxylic acid groups (broad SMARTS) is 1. The highest BCUT2D eigenvalue weighted by Gasteiger charge is 2.32. The van der Waals surface area contributed by atoms with E-state index in [1.54, 1.807) is 54.6 Å². The normalized spacial score (nSPS) is 12.9. The Kier molecular flexibility index (Phi) is 19.1. The van der Waals surface area contributed by atoms with Crippen molar-refractivity contribution >= 4 is 47.1 Å². The average molecular weight is 959 g/mol. The molecule has 0 saturated heterocycles. The van der Waals surface area contributed by atoms with E-state index < -0.39 is 65.7 Å². The van der Waals surface area contributed by atoms with Gasteiger partial charge in [-0.2, -0.15) is 0 Å². The van der Waals surface area contributed by atoms with Gasteiger partial charge in [0.15, 0.2) is 0 Å². The van der Waals surface area contributed by atoms with Gasteiger partial charge in [0.1, 0.15) is 36.0 Å². The second-order valence-electron chi connectivity index (χ2n) is 17.1. The summed E-state index contributed by atoms with van der Waals surface area (Å²) in [4.78, 5) is 95.1. The van der Waals surface area contributed by atoms with Gasteiger partial charge in [-0.05, 0) is 77.4 Å².